The van der Waals surface area contributed by atoms with Gasteiger partial charge in [-0.25, -0.2) is 0 Å². The Hall–Kier alpha value is -1.40. The van der Waals surface area contributed by atoms with E-state index in [9.17, 15) is 4.79 Å². The molecule has 0 aromatic carbocycles. The number of aliphatic hydroxyl groups is 1. The Bertz CT molecular complexity index is 376. The second-order valence-corrected chi connectivity index (χ2v) is 4.79. The monoisotopic (exact) mass is 255 g/mol. The number of aromatic nitrogens is 2. The van der Waals surface area contributed by atoms with E-state index >= 15 is 0 Å². The summed E-state index contributed by atoms with van der Waals surface area (Å²) in [5, 5.41) is 21.8. The Kier molecular flexibility index (Phi) is 5.80. The molecule has 0 bridgehead atoms. The Morgan fingerprint density at radius 1 is 1.56 bits per heavy atom. The second kappa shape index (κ2) is 7.13. The van der Waals surface area contributed by atoms with Gasteiger partial charge in [0.2, 0.25) is 0 Å². The fraction of sp³-hybridized carbons (Fsp3) is 0.667. The molecule has 0 saturated carbocycles. The lowest BCUT2D eigenvalue weighted by molar-refractivity contribution is -0.138. The van der Waals surface area contributed by atoms with Crippen molar-refractivity contribution >= 4 is 5.97 Å². The van der Waals surface area contributed by atoms with Crippen LogP contribution in [0.15, 0.2) is 12.4 Å². The predicted octanol–water partition coefficient (Wildman–Crippen LogP) is 0.418. The van der Waals surface area contributed by atoms with Gasteiger partial charge in [0.1, 0.15) is 0 Å². The average Bonchev–Trinajstić information content (AvgIpc) is 2.64. The Labute approximate surface area is 107 Å². The summed E-state index contributed by atoms with van der Waals surface area (Å²) in [6.07, 6.45) is 3.55. The summed E-state index contributed by atoms with van der Waals surface area (Å²) in [7, 11) is 0. The van der Waals surface area contributed by atoms with Gasteiger partial charge in [0.05, 0.1) is 25.9 Å². The van der Waals surface area contributed by atoms with E-state index in [2.05, 4.69) is 18.9 Å². The molecule has 0 fully saturated rings. The minimum absolute atomic E-state index is 0.0311. The molecule has 0 atom stereocenters. The maximum atomic E-state index is 10.8. The molecule has 0 aliphatic rings. The van der Waals surface area contributed by atoms with Crippen molar-refractivity contribution in [2.75, 3.05) is 19.7 Å². The molecule has 2 N–H and O–H groups in total. The minimum Gasteiger partial charge on any atom is -0.480 e. The average molecular weight is 255 g/mol. The lowest BCUT2D eigenvalue weighted by Gasteiger charge is -2.21. The SMILES string of the molecule is CC(C)CN(CC(=O)O)Cc1cnn(CCO)c1. The normalized spacial score (nSPS) is 11.4. The zero-order valence-electron chi connectivity index (χ0n) is 10.9. The highest BCUT2D eigenvalue weighted by Gasteiger charge is 2.12. The van der Waals surface area contributed by atoms with E-state index < -0.39 is 5.97 Å². The number of hydrogen-bond donors (Lipinski definition) is 2. The molecule has 1 heterocycles. The van der Waals surface area contributed by atoms with E-state index in [1.807, 2.05) is 11.1 Å². The second-order valence-electron chi connectivity index (χ2n) is 4.79. The summed E-state index contributed by atoms with van der Waals surface area (Å²) in [6.45, 7) is 5.96. The standard InChI is InChI=1S/C12H21N3O3/c1-10(2)6-14(9-12(17)18)7-11-5-13-15(8-11)3-4-16/h5,8,10,16H,3-4,6-7,9H2,1-2H3,(H,17,18). The van der Waals surface area contributed by atoms with Crippen molar-refractivity contribution in [3.05, 3.63) is 18.0 Å². The summed E-state index contributed by atoms with van der Waals surface area (Å²) in [6, 6.07) is 0. The Morgan fingerprint density at radius 2 is 2.28 bits per heavy atom. The Balaban J connectivity index is 2.59. The van der Waals surface area contributed by atoms with Crippen molar-refractivity contribution in [1.29, 1.82) is 0 Å². The number of hydrogen-bond acceptors (Lipinski definition) is 4. The van der Waals surface area contributed by atoms with Crippen LogP contribution in [0.25, 0.3) is 0 Å². The molecule has 6 heteroatoms. The maximum absolute atomic E-state index is 10.8. The van der Waals surface area contributed by atoms with Crippen molar-refractivity contribution in [2.24, 2.45) is 5.92 Å². The fourth-order valence-corrected chi connectivity index (χ4v) is 1.86. The number of aliphatic hydroxyl groups excluding tert-OH is 1. The van der Waals surface area contributed by atoms with Gasteiger partial charge in [0, 0.05) is 24.8 Å². The first kappa shape index (κ1) is 14.7. The molecule has 0 radical (unpaired) electrons. The maximum Gasteiger partial charge on any atom is 0.317 e. The molecule has 6 nitrogen and oxygen atoms in total. The van der Waals surface area contributed by atoms with Crippen molar-refractivity contribution in [3.63, 3.8) is 0 Å². The van der Waals surface area contributed by atoms with Crippen molar-refractivity contribution in [3.8, 4) is 0 Å². The molecule has 1 rings (SSSR count). The third kappa shape index (κ3) is 5.29. The van der Waals surface area contributed by atoms with Gasteiger partial charge < -0.3 is 10.2 Å². The van der Waals surface area contributed by atoms with E-state index in [0.717, 1.165) is 12.1 Å². The zero-order valence-corrected chi connectivity index (χ0v) is 10.9. The minimum atomic E-state index is -0.821. The number of aliphatic carboxylic acids is 1. The van der Waals surface area contributed by atoms with Gasteiger partial charge in [-0.3, -0.25) is 14.4 Å². The van der Waals surface area contributed by atoms with Gasteiger partial charge in [0.25, 0.3) is 0 Å². The smallest absolute Gasteiger partial charge is 0.317 e. The van der Waals surface area contributed by atoms with Crippen LogP contribution in [0.4, 0.5) is 0 Å². The van der Waals surface area contributed by atoms with Gasteiger partial charge in [0.15, 0.2) is 0 Å². The van der Waals surface area contributed by atoms with Crippen LogP contribution in [-0.4, -0.2) is 50.6 Å². The third-order valence-electron chi connectivity index (χ3n) is 2.40. The van der Waals surface area contributed by atoms with Crippen LogP contribution in [-0.2, 0) is 17.9 Å². The van der Waals surface area contributed by atoms with E-state index in [-0.39, 0.29) is 13.2 Å². The largest absolute Gasteiger partial charge is 0.480 e. The zero-order chi connectivity index (χ0) is 13.5. The van der Waals surface area contributed by atoms with Crippen molar-refractivity contribution in [2.45, 2.75) is 26.9 Å². The molecule has 0 aliphatic heterocycles. The van der Waals surface area contributed by atoms with Crippen LogP contribution in [0, 0.1) is 5.92 Å². The number of rotatable bonds is 8. The highest BCUT2D eigenvalue weighted by molar-refractivity contribution is 5.69. The van der Waals surface area contributed by atoms with Crippen LogP contribution in [0.1, 0.15) is 19.4 Å². The Morgan fingerprint density at radius 3 is 2.83 bits per heavy atom. The van der Waals surface area contributed by atoms with Crippen LogP contribution >= 0.6 is 0 Å². The van der Waals surface area contributed by atoms with Crippen LogP contribution in [0.5, 0.6) is 0 Å². The van der Waals surface area contributed by atoms with E-state index in [0.29, 0.717) is 19.0 Å². The van der Waals surface area contributed by atoms with E-state index in [1.165, 1.54) is 0 Å². The lowest BCUT2D eigenvalue weighted by Crippen LogP contribution is -2.32. The summed E-state index contributed by atoms with van der Waals surface area (Å²) in [5.74, 6) is -0.407. The number of nitrogens with zero attached hydrogens (tertiary/aromatic N) is 3. The van der Waals surface area contributed by atoms with Gasteiger partial charge in [-0.2, -0.15) is 5.10 Å². The molecule has 18 heavy (non-hydrogen) atoms. The van der Waals surface area contributed by atoms with E-state index in [1.54, 1.807) is 10.9 Å². The van der Waals surface area contributed by atoms with Gasteiger partial charge >= 0.3 is 5.97 Å². The molecule has 0 unspecified atom stereocenters. The fourth-order valence-electron chi connectivity index (χ4n) is 1.86. The topological polar surface area (TPSA) is 78.6 Å². The van der Waals surface area contributed by atoms with Gasteiger partial charge in [-0.1, -0.05) is 13.8 Å². The third-order valence-corrected chi connectivity index (χ3v) is 2.40. The van der Waals surface area contributed by atoms with Crippen LogP contribution < -0.4 is 0 Å². The molecule has 0 saturated heterocycles. The molecular formula is C12H21N3O3. The number of carboxylic acid groups (broad SMARTS) is 1. The van der Waals surface area contributed by atoms with Crippen molar-refractivity contribution in [1.82, 2.24) is 14.7 Å². The molecule has 0 aliphatic carbocycles. The number of carboxylic acids is 1. The molecule has 1 aromatic heterocycles. The summed E-state index contributed by atoms with van der Waals surface area (Å²) >= 11 is 0. The first-order valence-electron chi connectivity index (χ1n) is 6.07. The molecule has 102 valence electrons. The van der Waals surface area contributed by atoms with Crippen LogP contribution in [0.2, 0.25) is 0 Å². The highest BCUT2D eigenvalue weighted by atomic mass is 16.4. The summed E-state index contributed by atoms with van der Waals surface area (Å²) < 4.78 is 1.66. The molecule has 0 amide bonds. The summed E-state index contributed by atoms with van der Waals surface area (Å²) in [4.78, 5) is 12.7. The molecule has 1 aromatic rings. The van der Waals surface area contributed by atoms with E-state index in [4.69, 9.17) is 10.2 Å². The quantitative estimate of drug-likeness (QED) is 0.704. The molecular weight excluding hydrogens is 234 g/mol. The lowest BCUT2D eigenvalue weighted by atomic mass is 10.2. The summed E-state index contributed by atoms with van der Waals surface area (Å²) in [5.41, 5.74) is 0.963. The first-order valence-corrected chi connectivity index (χ1v) is 6.07. The molecule has 0 spiro atoms. The van der Waals surface area contributed by atoms with Crippen molar-refractivity contribution < 1.29 is 15.0 Å². The first-order chi connectivity index (χ1) is 8.51. The predicted molar refractivity (Wildman–Crippen MR) is 67.1 cm³/mol. The van der Waals surface area contributed by atoms with Crippen LogP contribution in [0.3, 0.4) is 0 Å². The van der Waals surface area contributed by atoms with Gasteiger partial charge in [-0.05, 0) is 5.92 Å². The number of carbonyl (C=O) groups is 1. The highest BCUT2D eigenvalue weighted by Crippen LogP contribution is 2.06. The van der Waals surface area contributed by atoms with Gasteiger partial charge in [-0.15, -0.1) is 0 Å².